The normalized spacial score (nSPS) is 35.6. The molecule has 0 heterocycles. The summed E-state index contributed by atoms with van der Waals surface area (Å²) in [5.41, 5.74) is -3.17. The number of hydrogen-bond donors (Lipinski definition) is 2. The van der Waals surface area contributed by atoms with Crippen molar-refractivity contribution >= 4 is 5.97 Å². The maximum Gasteiger partial charge on any atom is 0.321 e. The Labute approximate surface area is 104 Å². The number of carbonyl (C=O) groups excluding carboxylic acids is 1. The Hall–Kier alpha value is -1.65. The Morgan fingerprint density at radius 1 is 1.67 bits per heavy atom. The van der Waals surface area contributed by atoms with Crippen LogP contribution in [0.2, 0.25) is 0 Å². The molecule has 0 aromatic carbocycles. The summed E-state index contributed by atoms with van der Waals surface area (Å²) in [5, 5.41) is 30.5. The van der Waals surface area contributed by atoms with E-state index in [1.165, 1.54) is 0 Å². The van der Waals surface area contributed by atoms with Gasteiger partial charge in [-0.2, -0.15) is 0 Å². The van der Waals surface area contributed by atoms with Crippen molar-refractivity contribution in [3.8, 4) is 12.3 Å². The van der Waals surface area contributed by atoms with Crippen LogP contribution in [0.3, 0.4) is 0 Å². The van der Waals surface area contributed by atoms with Crippen molar-refractivity contribution in [1.82, 2.24) is 0 Å². The van der Waals surface area contributed by atoms with Crippen molar-refractivity contribution in [3.05, 3.63) is 10.1 Å². The van der Waals surface area contributed by atoms with E-state index >= 15 is 0 Å². The molecule has 7 heteroatoms. The number of carbonyl (C=O) groups is 1. The summed E-state index contributed by atoms with van der Waals surface area (Å²) in [7, 11) is 1.10. The summed E-state index contributed by atoms with van der Waals surface area (Å²) >= 11 is 0. The van der Waals surface area contributed by atoms with Crippen molar-refractivity contribution in [2.75, 3.05) is 13.7 Å². The highest BCUT2D eigenvalue weighted by atomic mass is 16.6. The number of nitro groups is 1. The van der Waals surface area contributed by atoms with E-state index < -0.39 is 34.6 Å². The van der Waals surface area contributed by atoms with E-state index in [1.54, 1.807) is 0 Å². The van der Waals surface area contributed by atoms with Gasteiger partial charge < -0.3 is 14.9 Å². The van der Waals surface area contributed by atoms with Crippen molar-refractivity contribution < 1.29 is 24.7 Å². The summed E-state index contributed by atoms with van der Waals surface area (Å²) in [5.74, 6) is 1.28. The first-order valence-electron chi connectivity index (χ1n) is 5.38. The molecule has 0 aromatic heterocycles. The van der Waals surface area contributed by atoms with Gasteiger partial charge in [0.05, 0.1) is 13.2 Å². The molecule has 18 heavy (non-hydrogen) atoms. The van der Waals surface area contributed by atoms with Crippen LogP contribution in [-0.4, -0.2) is 46.5 Å². The second-order valence-electron chi connectivity index (χ2n) is 4.53. The lowest BCUT2D eigenvalue weighted by Crippen LogP contribution is -2.55. The summed E-state index contributed by atoms with van der Waals surface area (Å²) in [6.07, 6.45) is 3.35. The third-order valence-corrected chi connectivity index (χ3v) is 3.43. The Kier molecular flexibility index (Phi) is 3.94. The van der Waals surface area contributed by atoms with Gasteiger partial charge in [0.25, 0.3) is 0 Å². The average Bonchev–Trinajstić information content (AvgIpc) is 2.31. The fourth-order valence-electron chi connectivity index (χ4n) is 2.27. The van der Waals surface area contributed by atoms with Crippen molar-refractivity contribution in [2.24, 2.45) is 5.41 Å². The van der Waals surface area contributed by atoms with Crippen molar-refractivity contribution in [2.45, 2.75) is 31.0 Å². The lowest BCUT2D eigenvalue weighted by molar-refractivity contribution is -0.499. The molecule has 1 saturated carbocycles. The SMILES string of the molecule is C#CC1(O)CCC(C[N+](=O)[O-])(C(=O)OC)C(O)C1. The molecular weight excluding hydrogens is 242 g/mol. The van der Waals surface area contributed by atoms with Crippen LogP contribution in [0.4, 0.5) is 0 Å². The average molecular weight is 257 g/mol. The van der Waals surface area contributed by atoms with Gasteiger partial charge in [-0.15, -0.1) is 6.42 Å². The van der Waals surface area contributed by atoms with Crippen LogP contribution in [-0.2, 0) is 9.53 Å². The maximum absolute atomic E-state index is 11.7. The lowest BCUT2D eigenvalue weighted by Gasteiger charge is -2.41. The lowest BCUT2D eigenvalue weighted by atomic mass is 9.66. The Morgan fingerprint density at radius 3 is 2.67 bits per heavy atom. The zero-order chi connectivity index (χ0) is 14.0. The largest absolute Gasteiger partial charge is 0.468 e. The number of aliphatic hydroxyl groups is 2. The highest BCUT2D eigenvalue weighted by Gasteiger charge is 2.56. The van der Waals surface area contributed by atoms with Gasteiger partial charge in [0.2, 0.25) is 6.54 Å². The first kappa shape index (κ1) is 14.4. The molecule has 0 radical (unpaired) electrons. The van der Waals surface area contributed by atoms with Crippen molar-refractivity contribution in [3.63, 3.8) is 0 Å². The van der Waals surface area contributed by atoms with Crippen LogP contribution in [0.15, 0.2) is 0 Å². The van der Waals surface area contributed by atoms with Gasteiger partial charge >= 0.3 is 5.97 Å². The predicted molar refractivity (Wildman–Crippen MR) is 60.0 cm³/mol. The third kappa shape index (κ3) is 2.44. The molecule has 3 atom stereocenters. The van der Waals surface area contributed by atoms with Crippen LogP contribution in [0, 0.1) is 27.9 Å². The molecule has 3 unspecified atom stereocenters. The number of rotatable bonds is 3. The van der Waals surface area contributed by atoms with Crippen LogP contribution >= 0.6 is 0 Å². The molecule has 2 N–H and O–H groups in total. The Bertz CT molecular complexity index is 403. The summed E-state index contributed by atoms with van der Waals surface area (Å²) in [6.45, 7) is -0.749. The zero-order valence-corrected chi connectivity index (χ0v) is 9.96. The third-order valence-electron chi connectivity index (χ3n) is 3.43. The van der Waals surface area contributed by atoms with E-state index in [9.17, 15) is 25.1 Å². The number of ether oxygens (including phenoxy) is 1. The molecule has 0 bridgehead atoms. The molecule has 1 fully saturated rings. The summed E-state index contributed by atoms with van der Waals surface area (Å²) < 4.78 is 4.53. The summed E-state index contributed by atoms with van der Waals surface area (Å²) in [6, 6.07) is 0. The fourth-order valence-corrected chi connectivity index (χ4v) is 2.27. The van der Waals surface area contributed by atoms with Gasteiger partial charge in [0.15, 0.2) is 5.41 Å². The highest BCUT2D eigenvalue weighted by Crippen LogP contribution is 2.42. The molecule has 100 valence electrons. The minimum Gasteiger partial charge on any atom is -0.468 e. The van der Waals surface area contributed by atoms with Crippen LogP contribution in [0.25, 0.3) is 0 Å². The topological polar surface area (TPSA) is 110 Å². The van der Waals surface area contributed by atoms with Gasteiger partial charge in [0.1, 0.15) is 5.60 Å². The minimum atomic E-state index is -1.64. The van der Waals surface area contributed by atoms with E-state index in [0.717, 1.165) is 7.11 Å². The van der Waals surface area contributed by atoms with Crippen LogP contribution in [0.5, 0.6) is 0 Å². The Balaban J connectivity index is 3.04. The van der Waals surface area contributed by atoms with Crippen molar-refractivity contribution in [1.29, 1.82) is 0 Å². The van der Waals surface area contributed by atoms with Crippen LogP contribution in [0.1, 0.15) is 19.3 Å². The molecule has 0 aliphatic heterocycles. The number of terminal acetylenes is 1. The molecule has 0 saturated heterocycles. The molecule has 7 nitrogen and oxygen atoms in total. The van der Waals surface area contributed by atoms with Gasteiger partial charge in [-0.05, 0) is 12.8 Å². The van der Waals surface area contributed by atoms with E-state index in [4.69, 9.17) is 6.42 Å². The van der Waals surface area contributed by atoms with Gasteiger partial charge in [-0.3, -0.25) is 14.9 Å². The number of esters is 1. The second kappa shape index (κ2) is 4.92. The number of methoxy groups -OCH3 is 1. The second-order valence-corrected chi connectivity index (χ2v) is 4.53. The zero-order valence-electron chi connectivity index (χ0n) is 9.96. The van der Waals surface area contributed by atoms with Crippen LogP contribution < -0.4 is 0 Å². The Morgan fingerprint density at radius 2 is 2.28 bits per heavy atom. The monoisotopic (exact) mass is 257 g/mol. The first-order valence-corrected chi connectivity index (χ1v) is 5.38. The van der Waals surface area contributed by atoms with Gasteiger partial charge in [0, 0.05) is 11.3 Å². The van der Waals surface area contributed by atoms with E-state index in [1.807, 2.05) is 0 Å². The molecule has 1 aliphatic rings. The highest BCUT2D eigenvalue weighted by molar-refractivity contribution is 5.78. The molecule has 1 rings (SSSR count). The first-order chi connectivity index (χ1) is 8.29. The predicted octanol–water partition coefficient (Wildman–Crippen LogP) is -0.668. The number of hydrogen-bond acceptors (Lipinski definition) is 6. The summed E-state index contributed by atoms with van der Waals surface area (Å²) in [4.78, 5) is 21.7. The van der Waals surface area contributed by atoms with Gasteiger partial charge in [-0.25, -0.2) is 0 Å². The van der Waals surface area contributed by atoms with E-state index in [2.05, 4.69) is 10.7 Å². The standard InChI is InChI=1S/C11H15NO6/c1-3-10(15)4-5-11(7-12(16)17,8(13)6-10)9(14)18-2/h1,8,13,15H,4-7H2,2H3. The number of nitrogens with zero attached hydrogens (tertiary/aromatic N) is 1. The molecule has 0 aromatic rings. The molecular formula is C11H15NO6. The van der Waals surface area contributed by atoms with E-state index in [-0.39, 0.29) is 19.3 Å². The molecule has 0 amide bonds. The minimum absolute atomic E-state index is 0.00347. The maximum atomic E-state index is 11.7. The molecule has 1 aliphatic carbocycles. The fraction of sp³-hybridized carbons (Fsp3) is 0.727. The quantitative estimate of drug-likeness (QED) is 0.300. The number of aliphatic hydroxyl groups excluding tert-OH is 1. The molecule has 0 spiro atoms. The van der Waals surface area contributed by atoms with E-state index in [0.29, 0.717) is 0 Å². The smallest absolute Gasteiger partial charge is 0.321 e. The van der Waals surface area contributed by atoms with Gasteiger partial charge in [-0.1, -0.05) is 5.92 Å².